The molecule has 8 nitrogen and oxygen atoms in total. The third-order valence-electron chi connectivity index (χ3n) is 6.43. The van der Waals surface area contributed by atoms with Crippen LogP contribution in [0.5, 0.6) is 5.75 Å². The maximum atomic E-state index is 11.8. The molecular formula is C30H30N6O2. The molecule has 2 heterocycles. The molecule has 0 aliphatic heterocycles. The maximum absolute atomic E-state index is 11.8. The van der Waals surface area contributed by atoms with Crippen LogP contribution >= 0.6 is 0 Å². The van der Waals surface area contributed by atoms with Crippen molar-refractivity contribution >= 4 is 29.3 Å². The van der Waals surface area contributed by atoms with E-state index in [4.69, 9.17) is 9.84 Å². The van der Waals surface area contributed by atoms with Crippen LogP contribution in [0.3, 0.4) is 0 Å². The topological polar surface area (TPSA) is 104 Å². The standard InChI is InChI=1S/C30H30N6O2/c1-38-24-17-15-23(16-18-24)28(32-20-37)30(33-25-14-8-9-19-31-25)34-29-26(21-10-4-2-5-11-21)27(35-36-29)22-12-6-3-7-13-22/h3,6-10,12-20H,2,4-5,11H2,1H3,(H,31,33)(H,32,37)(H2,34,35,36)/b30-28-. The highest BCUT2D eigenvalue weighted by atomic mass is 16.5. The number of nitrogens with one attached hydrogen (secondary N) is 4. The number of anilines is 2. The summed E-state index contributed by atoms with van der Waals surface area (Å²) in [5, 5.41) is 17.7. The summed E-state index contributed by atoms with van der Waals surface area (Å²) in [6.45, 7) is 0. The molecule has 0 atom stereocenters. The number of nitrogens with zero attached hydrogens (tertiary/aromatic N) is 2. The Morgan fingerprint density at radius 1 is 0.974 bits per heavy atom. The smallest absolute Gasteiger partial charge is 0.211 e. The molecule has 0 spiro atoms. The molecular weight excluding hydrogens is 476 g/mol. The molecule has 8 heteroatoms. The number of rotatable bonds is 10. The molecule has 2 aromatic carbocycles. The molecule has 1 amide bonds. The predicted molar refractivity (Wildman–Crippen MR) is 151 cm³/mol. The predicted octanol–water partition coefficient (Wildman–Crippen LogP) is 6.03. The number of carbonyl (C=O) groups is 1. The van der Waals surface area contributed by atoms with Crippen LogP contribution in [-0.4, -0.2) is 28.7 Å². The van der Waals surface area contributed by atoms with E-state index in [1.165, 1.54) is 12.0 Å². The number of aromatic nitrogens is 3. The van der Waals surface area contributed by atoms with Crippen molar-refractivity contribution in [3.05, 3.63) is 102 Å². The van der Waals surface area contributed by atoms with E-state index < -0.39 is 0 Å². The first-order valence-corrected chi connectivity index (χ1v) is 12.6. The van der Waals surface area contributed by atoms with E-state index in [0.717, 1.165) is 47.4 Å². The van der Waals surface area contributed by atoms with E-state index in [2.05, 4.69) is 44.2 Å². The first-order valence-electron chi connectivity index (χ1n) is 12.6. The van der Waals surface area contributed by atoms with Gasteiger partial charge in [0.25, 0.3) is 0 Å². The number of H-pyrrole nitrogens is 1. The fourth-order valence-corrected chi connectivity index (χ4v) is 4.58. The molecule has 0 radical (unpaired) electrons. The number of methoxy groups -OCH3 is 1. The normalized spacial score (nSPS) is 13.7. The van der Waals surface area contributed by atoms with E-state index in [0.29, 0.717) is 29.6 Å². The third-order valence-corrected chi connectivity index (χ3v) is 6.43. The lowest BCUT2D eigenvalue weighted by atomic mass is 9.91. The van der Waals surface area contributed by atoms with Crippen molar-refractivity contribution in [1.82, 2.24) is 20.5 Å². The van der Waals surface area contributed by atoms with Gasteiger partial charge in [-0.2, -0.15) is 5.10 Å². The Morgan fingerprint density at radius 3 is 2.47 bits per heavy atom. The van der Waals surface area contributed by atoms with E-state index in [1.807, 2.05) is 60.7 Å². The molecule has 0 saturated heterocycles. The molecule has 0 bridgehead atoms. The van der Waals surface area contributed by atoms with E-state index in [-0.39, 0.29) is 0 Å². The Morgan fingerprint density at radius 2 is 1.79 bits per heavy atom. The second kappa shape index (κ2) is 11.9. The van der Waals surface area contributed by atoms with Crippen molar-refractivity contribution in [3.8, 4) is 17.0 Å². The van der Waals surface area contributed by atoms with Crippen molar-refractivity contribution in [2.24, 2.45) is 0 Å². The number of aromatic amines is 1. The van der Waals surface area contributed by atoms with Gasteiger partial charge in [0.15, 0.2) is 5.82 Å². The third kappa shape index (κ3) is 5.59. The van der Waals surface area contributed by atoms with Gasteiger partial charge in [-0.15, -0.1) is 0 Å². The molecule has 5 rings (SSSR count). The molecule has 38 heavy (non-hydrogen) atoms. The Kier molecular flexibility index (Phi) is 7.79. The van der Waals surface area contributed by atoms with Gasteiger partial charge in [-0.25, -0.2) is 4.98 Å². The second-order valence-corrected chi connectivity index (χ2v) is 8.87. The van der Waals surface area contributed by atoms with Gasteiger partial charge in [0.05, 0.1) is 18.5 Å². The molecule has 0 unspecified atom stereocenters. The molecule has 1 aliphatic carbocycles. The van der Waals surface area contributed by atoms with E-state index in [9.17, 15) is 4.79 Å². The van der Waals surface area contributed by atoms with Crippen LogP contribution in [0.1, 0.15) is 36.8 Å². The number of hydrogen-bond donors (Lipinski definition) is 4. The van der Waals surface area contributed by atoms with E-state index >= 15 is 0 Å². The zero-order valence-electron chi connectivity index (χ0n) is 21.2. The van der Waals surface area contributed by atoms with Crippen LogP contribution in [0.2, 0.25) is 0 Å². The Balaban J connectivity index is 1.64. The van der Waals surface area contributed by atoms with Gasteiger partial charge in [0.2, 0.25) is 6.41 Å². The van der Waals surface area contributed by atoms with Gasteiger partial charge in [-0.1, -0.05) is 42.5 Å². The zero-order valence-corrected chi connectivity index (χ0v) is 21.2. The first-order chi connectivity index (χ1) is 18.8. The number of allylic oxidation sites excluding steroid dienone is 2. The molecule has 0 fully saturated rings. The SMILES string of the molecule is COc1ccc(/C(NC=O)=C(\Nc2ccccn2)Nc2n[nH]c(-c3ccccc3)c2C2=CCCCC2)cc1. The van der Waals surface area contributed by atoms with Crippen LogP contribution in [0, 0.1) is 0 Å². The van der Waals surface area contributed by atoms with Gasteiger partial charge in [-0.05, 0) is 67.7 Å². The van der Waals surface area contributed by atoms with Crippen molar-refractivity contribution in [3.63, 3.8) is 0 Å². The molecule has 0 saturated carbocycles. The largest absolute Gasteiger partial charge is 0.497 e. The molecule has 1 aliphatic rings. The molecule has 4 N–H and O–H groups in total. The van der Waals surface area contributed by atoms with E-state index in [1.54, 1.807) is 13.3 Å². The number of carbonyl (C=O) groups excluding carboxylic acids is 1. The summed E-state index contributed by atoms with van der Waals surface area (Å²) in [6, 6.07) is 23.3. The lowest BCUT2D eigenvalue weighted by Crippen LogP contribution is -2.21. The fourth-order valence-electron chi connectivity index (χ4n) is 4.58. The van der Waals surface area contributed by atoms with Gasteiger partial charge in [-0.3, -0.25) is 9.89 Å². The Hall–Kier alpha value is -4.85. The minimum absolute atomic E-state index is 0.532. The van der Waals surface area contributed by atoms with Crippen molar-refractivity contribution in [2.45, 2.75) is 25.7 Å². The highest BCUT2D eigenvalue weighted by Gasteiger charge is 2.22. The van der Waals surface area contributed by atoms with Crippen molar-refractivity contribution in [2.75, 3.05) is 17.7 Å². The maximum Gasteiger partial charge on any atom is 0.211 e. The van der Waals surface area contributed by atoms with Crippen LogP contribution in [0.4, 0.5) is 11.6 Å². The van der Waals surface area contributed by atoms with Crippen molar-refractivity contribution in [1.29, 1.82) is 0 Å². The lowest BCUT2D eigenvalue weighted by molar-refractivity contribution is -0.108. The number of ether oxygens (including phenoxy) is 1. The summed E-state index contributed by atoms with van der Waals surface area (Å²) < 4.78 is 5.32. The summed E-state index contributed by atoms with van der Waals surface area (Å²) in [5.74, 6) is 2.53. The van der Waals surface area contributed by atoms with Crippen LogP contribution in [0.15, 0.2) is 90.9 Å². The summed E-state index contributed by atoms with van der Waals surface area (Å²) in [5.41, 5.74) is 5.60. The van der Waals surface area contributed by atoms with Gasteiger partial charge in [0, 0.05) is 22.9 Å². The van der Waals surface area contributed by atoms with Gasteiger partial charge >= 0.3 is 0 Å². The summed E-state index contributed by atoms with van der Waals surface area (Å²) in [6.07, 6.45) is 8.99. The number of amides is 1. The summed E-state index contributed by atoms with van der Waals surface area (Å²) in [4.78, 5) is 16.2. The van der Waals surface area contributed by atoms with Crippen LogP contribution in [-0.2, 0) is 4.79 Å². The van der Waals surface area contributed by atoms with Gasteiger partial charge in [0.1, 0.15) is 17.4 Å². The number of benzene rings is 2. The molecule has 192 valence electrons. The zero-order chi connectivity index (χ0) is 26.2. The molecule has 2 aromatic heterocycles. The van der Waals surface area contributed by atoms with Crippen molar-refractivity contribution < 1.29 is 9.53 Å². The summed E-state index contributed by atoms with van der Waals surface area (Å²) in [7, 11) is 1.62. The summed E-state index contributed by atoms with van der Waals surface area (Å²) >= 11 is 0. The minimum Gasteiger partial charge on any atom is -0.497 e. The van der Waals surface area contributed by atoms with Gasteiger partial charge < -0.3 is 20.7 Å². The molecule has 4 aromatic rings. The Labute approximate surface area is 221 Å². The highest BCUT2D eigenvalue weighted by molar-refractivity contribution is 5.88. The second-order valence-electron chi connectivity index (χ2n) is 8.87. The average Bonchev–Trinajstić information content (AvgIpc) is 3.40. The van der Waals surface area contributed by atoms with Crippen LogP contribution in [0.25, 0.3) is 22.5 Å². The lowest BCUT2D eigenvalue weighted by Gasteiger charge is -2.20. The highest BCUT2D eigenvalue weighted by Crippen LogP contribution is 2.38. The number of pyridine rings is 1. The Bertz CT molecular complexity index is 1430. The monoisotopic (exact) mass is 506 g/mol. The minimum atomic E-state index is 0.532. The fraction of sp³-hybridized carbons (Fsp3) is 0.167. The number of hydrogen-bond acceptors (Lipinski definition) is 6. The first kappa shape index (κ1) is 24.8. The average molecular weight is 507 g/mol. The quantitative estimate of drug-likeness (QED) is 0.196. The van der Waals surface area contributed by atoms with Crippen LogP contribution < -0.4 is 20.7 Å².